The second kappa shape index (κ2) is 8.11. The largest absolute Gasteiger partial charge is 0.452 e. The Morgan fingerprint density at radius 2 is 1.88 bits per heavy atom. The molecule has 0 heterocycles. The van der Waals surface area contributed by atoms with E-state index in [0.29, 0.717) is 15.7 Å². The summed E-state index contributed by atoms with van der Waals surface area (Å²) in [7, 11) is 0. The molecule has 0 saturated carbocycles. The van der Waals surface area contributed by atoms with E-state index in [4.69, 9.17) is 27.9 Å². The number of benzene rings is 2. The summed E-state index contributed by atoms with van der Waals surface area (Å²) < 4.78 is 5.25. The quantitative estimate of drug-likeness (QED) is 0.757. The highest BCUT2D eigenvalue weighted by Crippen LogP contribution is 2.26. The molecule has 0 fully saturated rings. The maximum absolute atomic E-state index is 12.2. The smallest absolute Gasteiger partial charge is 0.311 e. The van der Waals surface area contributed by atoms with Crippen LogP contribution in [0.3, 0.4) is 0 Å². The number of ether oxygens (including phenoxy) is 1. The first-order chi connectivity index (χ1) is 12.4. The van der Waals surface area contributed by atoms with E-state index in [0.717, 1.165) is 24.8 Å². The number of rotatable bonds is 5. The molecule has 0 radical (unpaired) electrons. The molecule has 1 aliphatic rings. The third-order valence-electron chi connectivity index (χ3n) is 4.38. The average molecular weight is 392 g/mol. The van der Waals surface area contributed by atoms with Gasteiger partial charge in [0.2, 0.25) is 0 Å². The first-order valence-electron chi connectivity index (χ1n) is 8.48. The number of amides is 1. The van der Waals surface area contributed by atoms with Crippen molar-refractivity contribution in [3.63, 3.8) is 0 Å². The zero-order valence-electron chi connectivity index (χ0n) is 14.4. The van der Waals surface area contributed by atoms with Crippen molar-refractivity contribution in [2.45, 2.75) is 38.7 Å². The summed E-state index contributed by atoms with van der Waals surface area (Å²) in [5.41, 5.74) is 3.94. The molecule has 1 amide bonds. The lowest BCUT2D eigenvalue weighted by atomic mass is 10.0. The Labute approximate surface area is 162 Å². The Bertz CT molecular complexity index is 851. The first-order valence-corrected chi connectivity index (χ1v) is 9.24. The lowest BCUT2D eigenvalue weighted by molar-refractivity contribution is -0.152. The molecule has 1 N–H and O–H groups in total. The summed E-state index contributed by atoms with van der Waals surface area (Å²) in [5.74, 6) is -0.903. The Morgan fingerprint density at radius 1 is 1.12 bits per heavy atom. The summed E-state index contributed by atoms with van der Waals surface area (Å²) >= 11 is 11.9. The predicted octanol–water partition coefficient (Wildman–Crippen LogP) is 4.60. The van der Waals surface area contributed by atoms with Gasteiger partial charge in [0.25, 0.3) is 5.91 Å². The van der Waals surface area contributed by atoms with Crippen molar-refractivity contribution in [3.8, 4) is 0 Å². The van der Waals surface area contributed by atoms with Crippen LogP contribution in [0, 0.1) is 0 Å². The zero-order chi connectivity index (χ0) is 18.7. The maximum Gasteiger partial charge on any atom is 0.311 e. The fourth-order valence-corrected chi connectivity index (χ4v) is 3.36. The van der Waals surface area contributed by atoms with Crippen LogP contribution in [0.2, 0.25) is 10.0 Å². The molecule has 2 aromatic carbocycles. The lowest BCUT2D eigenvalue weighted by Crippen LogP contribution is -2.30. The van der Waals surface area contributed by atoms with Crippen LogP contribution in [0.25, 0.3) is 0 Å². The van der Waals surface area contributed by atoms with Gasteiger partial charge in [0.1, 0.15) is 0 Å². The molecule has 6 heteroatoms. The molecule has 0 saturated heterocycles. The van der Waals surface area contributed by atoms with Crippen LogP contribution in [-0.4, -0.2) is 18.0 Å². The molecular formula is C20H19Cl2NO3. The van der Waals surface area contributed by atoms with Crippen molar-refractivity contribution < 1.29 is 14.3 Å². The van der Waals surface area contributed by atoms with E-state index in [2.05, 4.69) is 17.4 Å². The molecule has 0 unspecified atom stereocenters. The number of carbonyl (C=O) groups is 2. The normalized spacial score (nSPS) is 13.8. The minimum absolute atomic E-state index is 0.142. The molecular weight excluding hydrogens is 373 g/mol. The second-order valence-electron chi connectivity index (χ2n) is 6.38. The van der Waals surface area contributed by atoms with Gasteiger partial charge in [0.05, 0.1) is 17.1 Å². The van der Waals surface area contributed by atoms with Crippen molar-refractivity contribution >= 4 is 40.8 Å². The van der Waals surface area contributed by atoms with E-state index >= 15 is 0 Å². The van der Waals surface area contributed by atoms with Gasteiger partial charge in [-0.05, 0) is 61.1 Å². The molecule has 0 spiro atoms. The van der Waals surface area contributed by atoms with Gasteiger partial charge < -0.3 is 10.1 Å². The van der Waals surface area contributed by atoms with Gasteiger partial charge >= 0.3 is 5.97 Å². The molecule has 136 valence electrons. The number of nitrogens with one attached hydrogen (secondary N) is 1. The maximum atomic E-state index is 12.2. The van der Waals surface area contributed by atoms with E-state index in [1.165, 1.54) is 18.1 Å². The van der Waals surface area contributed by atoms with Gasteiger partial charge in [-0.1, -0.05) is 41.4 Å². The molecule has 3 rings (SSSR count). The van der Waals surface area contributed by atoms with Crippen LogP contribution >= 0.6 is 23.2 Å². The van der Waals surface area contributed by atoms with Gasteiger partial charge in [-0.15, -0.1) is 0 Å². The molecule has 4 nitrogen and oxygen atoms in total. The van der Waals surface area contributed by atoms with E-state index in [9.17, 15) is 9.59 Å². The lowest BCUT2D eigenvalue weighted by Gasteiger charge is -2.14. The van der Waals surface area contributed by atoms with E-state index < -0.39 is 18.0 Å². The van der Waals surface area contributed by atoms with Crippen molar-refractivity contribution in [1.29, 1.82) is 0 Å². The minimum Gasteiger partial charge on any atom is -0.452 e. The Kier molecular flexibility index (Phi) is 5.84. The first kappa shape index (κ1) is 18.7. The topological polar surface area (TPSA) is 55.4 Å². The minimum atomic E-state index is -0.938. The third kappa shape index (κ3) is 4.57. The van der Waals surface area contributed by atoms with Crippen LogP contribution < -0.4 is 5.32 Å². The Hall–Kier alpha value is -2.04. The summed E-state index contributed by atoms with van der Waals surface area (Å²) in [6.45, 7) is 1.52. The number of hydrogen-bond acceptors (Lipinski definition) is 3. The number of esters is 1. The number of anilines is 1. The number of carbonyl (C=O) groups excluding carboxylic acids is 2. The van der Waals surface area contributed by atoms with Gasteiger partial charge in [-0.2, -0.15) is 0 Å². The molecule has 26 heavy (non-hydrogen) atoms. The van der Waals surface area contributed by atoms with Crippen molar-refractivity contribution in [1.82, 2.24) is 0 Å². The van der Waals surface area contributed by atoms with Crippen LogP contribution in [0.15, 0.2) is 36.4 Å². The summed E-state index contributed by atoms with van der Waals surface area (Å²) in [4.78, 5) is 24.4. The number of hydrogen-bond donors (Lipinski definition) is 1. The number of halogens is 2. The second-order valence-corrected chi connectivity index (χ2v) is 7.22. The SMILES string of the molecule is C[C@H](OC(=O)Cc1ccc2c(c1)CCC2)C(=O)Nc1cc(Cl)ccc1Cl. The van der Waals surface area contributed by atoms with Crippen LogP contribution in [0.5, 0.6) is 0 Å². The van der Waals surface area contributed by atoms with Crippen molar-refractivity contribution in [2.24, 2.45) is 0 Å². The monoisotopic (exact) mass is 391 g/mol. The number of fused-ring (bicyclic) bond motifs is 1. The van der Waals surface area contributed by atoms with Gasteiger partial charge in [0, 0.05) is 5.02 Å². The van der Waals surface area contributed by atoms with Crippen LogP contribution in [0.1, 0.15) is 30.0 Å². The Morgan fingerprint density at radius 3 is 2.69 bits per heavy atom. The van der Waals surface area contributed by atoms with Gasteiger partial charge in [-0.25, -0.2) is 0 Å². The zero-order valence-corrected chi connectivity index (χ0v) is 15.9. The Balaban J connectivity index is 1.56. The summed E-state index contributed by atoms with van der Waals surface area (Å²) in [6, 6.07) is 10.8. The van der Waals surface area contributed by atoms with Crippen LogP contribution in [-0.2, 0) is 33.6 Å². The standard InChI is InChI=1S/C20H19Cl2NO3/c1-12(20(25)23-18-11-16(21)7-8-17(18)22)26-19(24)10-13-5-6-14-3-2-4-15(14)9-13/h5-9,11-12H,2-4,10H2,1H3,(H,23,25)/t12-/m0/s1. The summed E-state index contributed by atoms with van der Waals surface area (Å²) in [6.07, 6.45) is 2.52. The van der Waals surface area contributed by atoms with E-state index in [1.54, 1.807) is 18.2 Å². The van der Waals surface area contributed by atoms with Crippen molar-refractivity contribution in [3.05, 3.63) is 63.1 Å². The van der Waals surface area contributed by atoms with Gasteiger partial charge in [0.15, 0.2) is 6.10 Å². The molecule has 0 aromatic heterocycles. The van der Waals surface area contributed by atoms with Gasteiger partial charge in [-0.3, -0.25) is 9.59 Å². The fraction of sp³-hybridized carbons (Fsp3) is 0.300. The summed E-state index contributed by atoms with van der Waals surface area (Å²) in [5, 5.41) is 3.43. The molecule has 0 bridgehead atoms. The highest BCUT2D eigenvalue weighted by atomic mass is 35.5. The predicted molar refractivity (Wildman–Crippen MR) is 103 cm³/mol. The van der Waals surface area contributed by atoms with E-state index in [-0.39, 0.29) is 6.42 Å². The highest BCUT2D eigenvalue weighted by Gasteiger charge is 2.20. The fourth-order valence-electron chi connectivity index (χ4n) is 3.02. The molecule has 1 atom stereocenters. The molecule has 0 aliphatic heterocycles. The number of aryl methyl sites for hydroxylation is 2. The van der Waals surface area contributed by atoms with Crippen LogP contribution in [0.4, 0.5) is 5.69 Å². The average Bonchev–Trinajstić information content (AvgIpc) is 3.05. The third-order valence-corrected chi connectivity index (χ3v) is 4.94. The highest BCUT2D eigenvalue weighted by molar-refractivity contribution is 6.35. The van der Waals surface area contributed by atoms with E-state index in [1.807, 2.05) is 6.07 Å². The molecule has 1 aliphatic carbocycles. The van der Waals surface area contributed by atoms with Crippen molar-refractivity contribution in [2.75, 3.05) is 5.32 Å². The molecule has 2 aromatic rings.